The molecule has 0 bridgehead atoms. The molecule has 1 heterocycles. The second-order valence-corrected chi connectivity index (χ2v) is 4.61. The number of amides is 1. The normalized spacial score (nSPS) is 20.9. The summed E-state index contributed by atoms with van der Waals surface area (Å²) in [6.45, 7) is 1.62. The first-order valence-corrected chi connectivity index (χ1v) is 6.67. The Morgan fingerprint density at radius 3 is 2.87 bits per heavy atom. The van der Waals surface area contributed by atoms with Crippen molar-refractivity contribution in [2.45, 2.75) is 31.7 Å². The maximum Gasteiger partial charge on any atom is 0.232 e. The summed E-state index contributed by atoms with van der Waals surface area (Å²) in [5, 5.41) is 0. The molecule has 90 valence electrons. The van der Waals surface area contributed by atoms with Gasteiger partial charge in [0.25, 0.3) is 0 Å². The molecule has 0 aliphatic carbocycles. The molecule has 2 N–H and O–H groups in total. The standard InChI is InChI=1S/C10H20N2OS.ClH/c1-14-8-10(13)12-7-3-2-4-9(12)5-6-11;/h9H,2-8,11H2,1H3;1H. The molecule has 1 fully saturated rings. The number of hydrogen-bond acceptors (Lipinski definition) is 3. The number of carbonyl (C=O) groups excluding carboxylic acids is 1. The first-order chi connectivity index (χ1) is 6.79. The Hall–Kier alpha value is 0.0700. The molecule has 1 aliphatic heterocycles. The SMILES string of the molecule is CSCC(=O)N1CCCCC1CCN.Cl. The van der Waals surface area contributed by atoms with Crippen LogP contribution in [0.15, 0.2) is 0 Å². The fourth-order valence-corrected chi connectivity index (χ4v) is 2.44. The van der Waals surface area contributed by atoms with Crippen molar-refractivity contribution in [3.63, 3.8) is 0 Å². The van der Waals surface area contributed by atoms with Gasteiger partial charge in [0.1, 0.15) is 0 Å². The first kappa shape index (κ1) is 15.1. The van der Waals surface area contributed by atoms with Gasteiger partial charge in [-0.05, 0) is 38.5 Å². The van der Waals surface area contributed by atoms with Gasteiger partial charge < -0.3 is 10.6 Å². The van der Waals surface area contributed by atoms with Crippen LogP contribution in [-0.4, -0.2) is 41.9 Å². The summed E-state index contributed by atoms with van der Waals surface area (Å²) < 4.78 is 0. The molecular formula is C10H21ClN2OS. The maximum absolute atomic E-state index is 11.7. The smallest absolute Gasteiger partial charge is 0.232 e. The molecular weight excluding hydrogens is 232 g/mol. The van der Waals surface area contributed by atoms with Crippen LogP contribution in [0.1, 0.15) is 25.7 Å². The monoisotopic (exact) mass is 252 g/mol. The van der Waals surface area contributed by atoms with Crippen molar-refractivity contribution in [3.05, 3.63) is 0 Å². The van der Waals surface area contributed by atoms with Crippen LogP contribution in [0.4, 0.5) is 0 Å². The van der Waals surface area contributed by atoms with Gasteiger partial charge >= 0.3 is 0 Å². The van der Waals surface area contributed by atoms with Crippen LogP contribution < -0.4 is 5.73 Å². The minimum absolute atomic E-state index is 0. The lowest BCUT2D eigenvalue weighted by atomic mass is 9.99. The number of halogens is 1. The van der Waals surface area contributed by atoms with Crippen LogP contribution in [0.3, 0.4) is 0 Å². The third kappa shape index (κ3) is 4.62. The Morgan fingerprint density at radius 1 is 1.53 bits per heavy atom. The average Bonchev–Trinajstić information content (AvgIpc) is 2.19. The highest BCUT2D eigenvalue weighted by Crippen LogP contribution is 2.19. The zero-order valence-corrected chi connectivity index (χ0v) is 10.9. The summed E-state index contributed by atoms with van der Waals surface area (Å²) in [5.74, 6) is 0.900. The number of nitrogens with two attached hydrogens (primary N) is 1. The van der Waals surface area contributed by atoms with Gasteiger partial charge in [-0.15, -0.1) is 12.4 Å². The number of nitrogens with zero attached hydrogens (tertiary/aromatic N) is 1. The van der Waals surface area contributed by atoms with Crippen molar-refractivity contribution in [2.75, 3.05) is 25.1 Å². The van der Waals surface area contributed by atoms with Crippen molar-refractivity contribution in [3.8, 4) is 0 Å². The molecule has 0 spiro atoms. The molecule has 1 rings (SSSR count). The number of likely N-dealkylation sites (tertiary alicyclic amines) is 1. The number of piperidine rings is 1. The zero-order chi connectivity index (χ0) is 10.4. The number of thioether (sulfide) groups is 1. The van der Waals surface area contributed by atoms with Crippen molar-refractivity contribution in [1.29, 1.82) is 0 Å². The fourth-order valence-electron chi connectivity index (χ4n) is 2.03. The van der Waals surface area contributed by atoms with E-state index in [1.165, 1.54) is 6.42 Å². The minimum atomic E-state index is 0. The highest BCUT2D eigenvalue weighted by Gasteiger charge is 2.25. The van der Waals surface area contributed by atoms with Gasteiger partial charge in [0.05, 0.1) is 5.75 Å². The topological polar surface area (TPSA) is 46.3 Å². The van der Waals surface area contributed by atoms with Gasteiger partial charge in [-0.25, -0.2) is 0 Å². The molecule has 1 saturated heterocycles. The van der Waals surface area contributed by atoms with Gasteiger partial charge in [-0.1, -0.05) is 0 Å². The Bertz CT molecular complexity index is 190. The fraction of sp³-hybridized carbons (Fsp3) is 0.900. The molecule has 5 heteroatoms. The van der Waals surface area contributed by atoms with Crippen molar-refractivity contribution in [2.24, 2.45) is 5.73 Å². The van der Waals surface area contributed by atoms with E-state index in [1.807, 2.05) is 11.2 Å². The van der Waals surface area contributed by atoms with E-state index < -0.39 is 0 Å². The predicted molar refractivity (Wildman–Crippen MR) is 68.7 cm³/mol. The van der Waals surface area contributed by atoms with Crippen LogP contribution >= 0.6 is 24.2 Å². The van der Waals surface area contributed by atoms with Gasteiger partial charge in [0, 0.05) is 12.6 Å². The molecule has 0 aromatic heterocycles. The molecule has 3 nitrogen and oxygen atoms in total. The number of hydrogen-bond donors (Lipinski definition) is 1. The molecule has 0 saturated carbocycles. The Kier molecular flexibility index (Phi) is 8.29. The predicted octanol–water partition coefficient (Wildman–Crippen LogP) is 1.50. The number of carbonyl (C=O) groups is 1. The third-order valence-electron chi connectivity index (χ3n) is 2.72. The van der Waals surface area contributed by atoms with Gasteiger partial charge in [0.15, 0.2) is 0 Å². The molecule has 1 amide bonds. The van der Waals surface area contributed by atoms with E-state index in [0.717, 1.165) is 25.8 Å². The van der Waals surface area contributed by atoms with E-state index in [2.05, 4.69) is 0 Å². The van der Waals surface area contributed by atoms with Gasteiger partial charge in [0.2, 0.25) is 5.91 Å². The lowest BCUT2D eigenvalue weighted by molar-refractivity contribution is -0.132. The second-order valence-electron chi connectivity index (χ2n) is 3.75. The average molecular weight is 253 g/mol. The maximum atomic E-state index is 11.7. The van der Waals surface area contributed by atoms with Crippen molar-refractivity contribution in [1.82, 2.24) is 4.90 Å². The van der Waals surface area contributed by atoms with E-state index in [9.17, 15) is 4.79 Å². The highest BCUT2D eigenvalue weighted by molar-refractivity contribution is 7.99. The first-order valence-electron chi connectivity index (χ1n) is 5.28. The second kappa shape index (κ2) is 8.25. The lowest BCUT2D eigenvalue weighted by Gasteiger charge is -2.35. The highest BCUT2D eigenvalue weighted by atomic mass is 35.5. The summed E-state index contributed by atoms with van der Waals surface area (Å²) in [6, 6.07) is 0.411. The molecule has 15 heavy (non-hydrogen) atoms. The Balaban J connectivity index is 0.00000196. The van der Waals surface area contributed by atoms with E-state index in [4.69, 9.17) is 5.73 Å². The number of rotatable bonds is 4. The summed E-state index contributed by atoms with van der Waals surface area (Å²) >= 11 is 1.60. The summed E-state index contributed by atoms with van der Waals surface area (Å²) in [4.78, 5) is 13.8. The van der Waals surface area contributed by atoms with E-state index in [-0.39, 0.29) is 18.3 Å². The third-order valence-corrected chi connectivity index (χ3v) is 3.25. The van der Waals surface area contributed by atoms with E-state index in [0.29, 0.717) is 18.3 Å². The Labute approximate surface area is 103 Å². The molecule has 1 atom stereocenters. The van der Waals surface area contributed by atoms with Gasteiger partial charge in [-0.2, -0.15) is 11.8 Å². The molecule has 0 radical (unpaired) electrons. The summed E-state index contributed by atoms with van der Waals surface area (Å²) in [6.07, 6.45) is 6.46. The van der Waals surface area contributed by atoms with Crippen LogP contribution in [0.2, 0.25) is 0 Å². The van der Waals surface area contributed by atoms with Crippen LogP contribution in [0.5, 0.6) is 0 Å². The van der Waals surface area contributed by atoms with Gasteiger partial charge in [-0.3, -0.25) is 4.79 Å². The minimum Gasteiger partial charge on any atom is -0.339 e. The molecule has 0 aromatic rings. The van der Waals surface area contributed by atoms with Crippen LogP contribution in [0.25, 0.3) is 0 Å². The van der Waals surface area contributed by atoms with Crippen LogP contribution in [-0.2, 0) is 4.79 Å². The molecule has 1 unspecified atom stereocenters. The Morgan fingerprint density at radius 2 is 2.27 bits per heavy atom. The summed E-state index contributed by atoms with van der Waals surface area (Å²) in [7, 11) is 0. The summed E-state index contributed by atoms with van der Waals surface area (Å²) in [5.41, 5.74) is 5.55. The van der Waals surface area contributed by atoms with Crippen molar-refractivity contribution >= 4 is 30.1 Å². The lowest BCUT2D eigenvalue weighted by Crippen LogP contribution is -2.45. The quantitative estimate of drug-likeness (QED) is 0.825. The van der Waals surface area contributed by atoms with Crippen LogP contribution in [0, 0.1) is 0 Å². The van der Waals surface area contributed by atoms with Crippen molar-refractivity contribution < 1.29 is 4.79 Å². The zero-order valence-electron chi connectivity index (χ0n) is 9.28. The largest absolute Gasteiger partial charge is 0.339 e. The van der Waals surface area contributed by atoms with E-state index in [1.54, 1.807) is 11.8 Å². The van der Waals surface area contributed by atoms with E-state index >= 15 is 0 Å². The molecule has 0 aromatic carbocycles. The molecule has 1 aliphatic rings.